The summed E-state index contributed by atoms with van der Waals surface area (Å²) >= 11 is 0. The molecule has 6 nitrogen and oxygen atoms in total. The Bertz CT molecular complexity index is 812. The maximum atomic E-state index is 12.3. The predicted molar refractivity (Wildman–Crippen MR) is 82.1 cm³/mol. The molecule has 0 radical (unpaired) electrons. The molecule has 0 saturated carbocycles. The minimum Gasteiger partial charge on any atom is -0.467 e. The van der Waals surface area contributed by atoms with Crippen LogP contribution in [-0.4, -0.2) is 15.7 Å². The Morgan fingerprint density at radius 3 is 2.78 bits per heavy atom. The molecule has 0 atom stereocenters. The Balaban J connectivity index is 1.73. The molecule has 0 fully saturated rings. The number of aromatic nitrogens is 2. The van der Waals surface area contributed by atoms with E-state index < -0.39 is 0 Å². The molecule has 0 aliphatic heterocycles. The Labute approximate surface area is 133 Å². The van der Waals surface area contributed by atoms with Gasteiger partial charge in [0.1, 0.15) is 23.8 Å². The highest BCUT2D eigenvalue weighted by molar-refractivity contribution is 5.91. The fourth-order valence-electron chi connectivity index (χ4n) is 2.51. The van der Waals surface area contributed by atoms with Gasteiger partial charge in [0.25, 0.3) is 0 Å². The third kappa shape index (κ3) is 3.21. The summed E-state index contributed by atoms with van der Waals surface area (Å²) < 4.78 is 17.7. The van der Waals surface area contributed by atoms with E-state index in [1.54, 1.807) is 19.3 Å². The van der Waals surface area contributed by atoms with E-state index in [9.17, 15) is 4.79 Å². The Kier molecular flexibility index (Phi) is 4.06. The van der Waals surface area contributed by atoms with E-state index in [1.807, 2.05) is 36.6 Å². The normalized spacial score (nSPS) is 10.9. The standard InChI is InChI=1S/C17H18N2O4/c1-11-7-16(13(3)19(11)9-15-5-4-6-21-15)17(20)22-10-14-8-12(2)23-18-14/h4-8H,9-10H2,1-3H3. The number of hydrogen-bond donors (Lipinski definition) is 0. The molecule has 3 aromatic rings. The largest absolute Gasteiger partial charge is 0.467 e. The van der Waals surface area contributed by atoms with Crippen LogP contribution in [0.4, 0.5) is 0 Å². The van der Waals surface area contributed by atoms with Crippen LogP contribution in [0.5, 0.6) is 0 Å². The van der Waals surface area contributed by atoms with Crippen LogP contribution < -0.4 is 0 Å². The van der Waals surface area contributed by atoms with E-state index in [0.29, 0.717) is 23.6 Å². The van der Waals surface area contributed by atoms with Crippen molar-refractivity contribution in [1.29, 1.82) is 0 Å². The van der Waals surface area contributed by atoms with Crippen LogP contribution in [0.25, 0.3) is 0 Å². The minimum atomic E-state index is -0.371. The number of aryl methyl sites for hydroxylation is 2. The minimum absolute atomic E-state index is 0.0953. The van der Waals surface area contributed by atoms with E-state index >= 15 is 0 Å². The maximum Gasteiger partial charge on any atom is 0.340 e. The van der Waals surface area contributed by atoms with Gasteiger partial charge in [0.05, 0.1) is 18.4 Å². The average molecular weight is 314 g/mol. The Morgan fingerprint density at radius 2 is 2.13 bits per heavy atom. The monoisotopic (exact) mass is 314 g/mol. The quantitative estimate of drug-likeness (QED) is 0.675. The van der Waals surface area contributed by atoms with Gasteiger partial charge in [0.15, 0.2) is 0 Å². The predicted octanol–water partition coefficient (Wildman–Crippen LogP) is 3.40. The van der Waals surface area contributed by atoms with E-state index in [2.05, 4.69) is 5.16 Å². The lowest BCUT2D eigenvalue weighted by molar-refractivity contribution is 0.0463. The van der Waals surface area contributed by atoms with E-state index in [0.717, 1.165) is 17.1 Å². The summed E-state index contributed by atoms with van der Waals surface area (Å²) in [7, 11) is 0. The summed E-state index contributed by atoms with van der Waals surface area (Å²) in [5, 5.41) is 3.81. The first-order valence-electron chi connectivity index (χ1n) is 7.33. The Hall–Kier alpha value is -2.76. The number of ether oxygens (including phenoxy) is 1. The summed E-state index contributed by atoms with van der Waals surface area (Å²) in [6.07, 6.45) is 1.64. The third-order valence-corrected chi connectivity index (χ3v) is 3.72. The molecule has 0 spiro atoms. The molecule has 0 aliphatic carbocycles. The summed E-state index contributed by atoms with van der Waals surface area (Å²) in [5.74, 6) is 1.15. The van der Waals surface area contributed by atoms with Crippen LogP contribution in [0.3, 0.4) is 0 Å². The van der Waals surface area contributed by atoms with Crippen molar-refractivity contribution in [2.45, 2.75) is 33.9 Å². The molecular weight excluding hydrogens is 296 g/mol. The number of carbonyl (C=O) groups excluding carboxylic acids is 1. The highest BCUT2D eigenvalue weighted by Gasteiger charge is 2.18. The number of carbonyl (C=O) groups is 1. The van der Waals surface area contributed by atoms with Crippen molar-refractivity contribution in [1.82, 2.24) is 9.72 Å². The molecule has 3 rings (SSSR count). The fourth-order valence-corrected chi connectivity index (χ4v) is 2.51. The second-order valence-electron chi connectivity index (χ2n) is 5.46. The molecule has 0 unspecified atom stereocenters. The molecule has 0 bridgehead atoms. The third-order valence-electron chi connectivity index (χ3n) is 3.72. The molecular formula is C17H18N2O4. The second-order valence-corrected chi connectivity index (χ2v) is 5.46. The smallest absolute Gasteiger partial charge is 0.340 e. The van der Waals surface area contributed by atoms with Crippen molar-refractivity contribution >= 4 is 5.97 Å². The van der Waals surface area contributed by atoms with Crippen molar-refractivity contribution in [3.8, 4) is 0 Å². The summed E-state index contributed by atoms with van der Waals surface area (Å²) in [6.45, 7) is 6.32. The molecule has 0 N–H and O–H groups in total. The molecule has 3 aromatic heterocycles. The molecule has 0 saturated heterocycles. The molecule has 120 valence electrons. The molecule has 3 heterocycles. The average Bonchev–Trinajstić information content (AvgIpc) is 3.23. The van der Waals surface area contributed by atoms with Crippen LogP contribution in [-0.2, 0) is 17.9 Å². The van der Waals surface area contributed by atoms with Gasteiger partial charge in [-0.1, -0.05) is 5.16 Å². The molecule has 0 amide bonds. The van der Waals surface area contributed by atoms with Gasteiger partial charge in [-0.15, -0.1) is 0 Å². The summed E-state index contributed by atoms with van der Waals surface area (Å²) in [5.41, 5.74) is 2.97. The molecule has 23 heavy (non-hydrogen) atoms. The van der Waals surface area contributed by atoms with Crippen LogP contribution in [0.15, 0.2) is 39.5 Å². The first-order valence-corrected chi connectivity index (χ1v) is 7.33. The van der Waals surface area contributed by atoms with Crippen LogP contribution in [0, 0.1) is 20.8 Å². The topological polar surface area (TPSA) is 70.4 Å². The first-order chi connectivity index (χ1) is 11.0. The fraction of sp³-hybridized carbons (Fsp3) is 0.294. The van der Waals surface area contributed by atoms with Crippen molar-refractivity contribution in [3.63, 3.8) is 0 Å². The number of nitrogens with zero attached hydrogens (tertiary/aromatic N) is 2. The zero-order valence-corrected chi connectivity index (χ0v) is 13.3. The van der Waals surface area contributed by atoms with Crippen molar-refractivity contribution in [2.75, 3.05) is 0 Å². The van der Waals surface area contributed by atoms with Gasteiger partial charge >= 0.3 is 5.97 Å². The summed E-state index contributed by atoms with van der Waals surface area (Å²) in [4.78, 5) is 12.3. The van der Waals surface area contributed by atoms with Crippen molar-refractivity contribution in [3.05, 3.63) is 64.7 Å². The highest BCUT2D eigenvalue weighted by Crippen LogP contribution is 2.19. The van der Waals surface area contributed by atoms with Gasteiger partial charge in [-0.3, -0.25) is 0 Å². The second kappa shape index (κ2) is 6.16. The lowest BCUT2D eigenvalue weighted by Crippen LogP contribution is -2.08. The number of furan rings is 1. The summed E-state index contributed by atoms with van der Waals surface area (Å²) in [6, 6.07) is 7.32. The van der Waals surface area contributed by atoms with Gasteiger partial charge in [-0.2, -0.15) is 0 Å². The van der Waals surface area contributed by atoms with Gasteiger partial charge < -0.3 is 18.2 Å². The van der Waals surface area contributed by atoms with Crippen molar-refractivity contribution in [2.24, 2.45) is 0 Å². The zero-order valence-electron chi connectivity index (χ0n) is 13.3. The van der Waals surface area contributed by atoms with E-state index in [1.165, 1.54) is 0 Å². The zero-order chi connectivity index (χ0) is 16.4. The lowest BCUT2D eigenvalue weighted by Gasteiger charge is -2.08. The maximum absolute atomic E-state index is 12.3. The van der Waals surface area contributed by atoms with Gasteiger partial charge in [-0.25, -0.2) is 4.79 Å². The van der Waals surface area contributed by atoms with Gasteiger partial charge in [0.2, 0.25) is 0 Å². The number of hydrogen-bond acceptors (Lipinski definition) is 5. The highest BCUT2D eigenvalue weighted by atomic mass is 16.5. The van der Waals surface area contributed by atoms with Crippen LogP contribution >= 0.6 is 0 Å². The lowest BCUT2D eigenvalue weighted by atomic mass is 10.2. The van der Waals surface area contributed by atoms with Gasteiger partial charge in [0, 0.05) is 17.5 Å². The molecule has 0 aliphatic rings. The number of esters is 1. The van der Waals surface area contributed by atoms with Gasteiger partial charge in [-0.05, 0) is 39.0 Å². The number of rotatable bonds is 5. The van der Waals surface area contributed by atoms with E-state index in [-0.39, 0.29) is 12.6 Å². The van der Waals surface area contributed by atoms with E-state index in [4.69, 9.17) is 13.7 Å². The Morgan fingerprint density at radius 1 is 1.30 bits per heavy atom. The van der Waals surface area contributed by atoms with Crippen LogP contribution in [0.1, 0.15) is 39.0 Å². The first kappa shape index (κ1) is 15.1. The van der Waals surface area contributed by atoms with Crippen LogP contribution in [0.2, 0.25) is 0 Å². The SMILES string of the molecule is Cc1cc(COC(=O)c2cc(C)n(Cc3ccco3)c2C)no1. The molecule has 0 aromatic carbocycles. The van der Waals surface area contributed by atoms with Crippen molar-refractivity contribution < 1.29 is 18.5 Å². The molecule has 6 heteroatoms.